The second kappa shape index (κ2) is 4.89. The van der Waals surface area contributed by atoms with Gasteiger partial charge in [0.2, 0.25) is 0 Å². The molecule has 1 heterocycles. The lowest BCUT2D eigenvalue weighted by Crippen LogP contribution is -2.47. The van der Waals surface area contributed by atoms with Gasteiger partial charge in [0, 0.05) is 18.9 Å². The quantitative estimate of drug-likeness (QED) is 0.908. The van der Waals surface area contributed by atoms with Crippen LogP contribution in [0.25, 0.3) is 0 Å². The second-order valence-corrected chi connectivity index (χ2v) is 5.93. The number of aromatic nitrogens is 1. The maximum absolute atomic E-state index is 12.3. The zero-order chi connectivity index (χ0) is 14.1. The third-order valence-corrected chi connectivity index (χ3v) is 3.22. The molecular weight excluding hydrogens is 244 g/mol. The summed E-state index contributed by atoms with van der Waals surface area (Å²) in [6.07, 6.45) is 5.30. The van der Waals surface area contributed by atoms with Gasteiger partial charge in [-0.1, -0.05) is 0 Å². The Balaban J connectivity index is 2.19. The maximum atomic E-state index is 12.3. The fourth-order valence-electron chi connectivity index (χ4n) is 2.28. The van der Waals surface area contributed by atoms with Crippen LogP contribution in [-0.2, 0) is 10.4 Å². The fourth-order valence-corrected chi connectivity index (χ4v) is 2.28. The van der Waals surface area contributed by atoms with E-state index in [1.807, 2.05) is 49.9 Å². The number of hydrogen-bond donors (Lipinski definition) is 1. The summed E-state index contributed by atoms with van der Waals surface area (Å²) in [5.41, 5.74) is -0.883. The van der Waals surface area contributed by atoms with Crippen LogP contribution in [0.4, 0.5) is 4.79 Å². The molecule has 1 aromatic rings. The molecule has 0 spiro atoms. The molecule has 0 bridgehead atoms. The Morgan fingerprint density at radius 2 is 1.95 bits per heavy atom. The summed E-state index contributed by atoms with van der Waals surface area (Å²) in [5.74, 6) is 0. The Labute approximate surface area is 113 Å². The van der Waals surface area contributed by atoms with Crippen LogP contribution >= 0.6 is 0 Å². The molecule has 106 valence electrons. The minimum absolute atomic E-state index is 0.0672. The summed E-state index contributed by atoms with van der Waals surface area (Å²) < 4.78 is 7.46. The number of ether oxygens (including phenoxy) is 1. The van der Waals surface area contributed by atoms with Gasteiger partial charge in [0.15, 0.2) is 0 Å². The molecule has 5 nitrogen and oxygen atoms in total. The topological polar surface area (TPSA) is 54.7 Å². The van der Waals surface area contributed by atoms with Crippen LogP contribution in [0.2, 0.25) is 0 Å². The fraction of sp³-hybridized carbons (Fsp3) is 0.643. The summed E-state index contributed by atoms with van der Waals surface area (Å²) in [7, 11) is 0. The van der Waals surface area contributed by atoms with Gasteiger partial charge in [-0.15, -0.1) is 0 Å². The van der Waals surface area contributed by atoms with Crippen molar-refractivity contribution in [3.8, 4) is 0 Å². The van der Waals surface area contributed by atoms with E-state index in [9.17, 15) is 9.90 Å². The van der Waals surface area contributed by atoms with E-state index in [0.29, 0.717) is 0 Å². The first-order valence-electron chi connectivity index (χ1n) is 6.64. The van der Waals surface area contributed by atoms with Crippen molar-refractivity contribution in [2.45, 2.75) is 44.9 Å². The third kappa shape index (κ3) is 2.92. The molecule has 2 rings (SSSR count). The summed E-state index contributed by atoms with van der Waals surface area (Å²) in [4.78, 5) is 13.9. The highest BCUT2D eigenvalue weighted by Gasteiger charge is 2.52. The van der Waals surface area contributed by atoms with E-state index < -0.39 is 5.60 Å². The van der Waals surface area contributed by atoms with Crippen LogP contribution in [0, 0.1) is 0 Å². The Morgan fingerprint density at radius 1 is 1.37 bits per heavy atom. The van der Waals surface area contributed by atoms with Crippen molar-refractivity contribution < 1.29 is 14.6 Å². The molecule has 1 amide bonds. The van der Waals surface area contributed by atoms with Crippen molar-refractivity contribution in [1.82, 2.24) is 9.47 Å². The van der Waals surface area contributed by atoms with Gasteiger partial charge >= 0.3 is 6.09 Å². The standard InChI is InChI=1S/C14H22N2O3/c1-13(2,3)19-12(18)16(10-11-17)14(6-7-14)15-8-4-5-9-15/h4-5,8-9,17H,6-7,10-11H2,1-3H3. The lowest BCUT2D eigenvalue weighted by atomic mass is 10.2. The summed E-state index contributed by atoms with van der Waals surface area (Å²) in [6, 6.07) is 3.87. The van der Waals surface area contributed by atoms with Gasteiger partial charge in [0.25, 0.3) is 0 Å². The van der Waals surface area contributed by atoms with E-state index in [-0.39, 0.29) is 24.9 Å². The van der Waals surface area contributed by atoms with Crippen molar-refractivity contribution in [1.29, 1.82) is 0 Å². The van der Waals surface area contributed by atoms with Crippen molar-refractivity contribution in [2.24, 2.45) is 0 Å². The Morgan fingerprint density at radius 3 is 2.37 bits per heavy atom. The minimum atomic E-state index is -0.530. The van der Waals surface area contributed by atoms with Gasteiger partial charge in [0.1, 0.15) is 11.3 Å². The van der Waals surface area contributed by atoms with E-state index in [1.165, 1.54) is 0 Å². The zero-order valence-corrected chi connectivity index (χ0v) is 11.8. The highest BCUT2D eigenvalue weighted by atomic mass is 16.6. The van der Waals surface area contributed by atoms with Gasteiger partial charge in [-0.05, 0) is 45.7 Å². The van der Waals surface area contributed by atoms with E-state index >= 15 is 0 Å². The van der Waals surface area contributed by atoms with Gasteiger partial charge in [-0.2, -0.15) is 0 Å². The predicted octanol–water partition coefficient (Wildman–Crippen LogP) is 2.16. The molecule has 5 heteroatoms. The first-order chi connectivity index (χ1) is 8.89. The summed E-state index contributed by atoms with van der Waals surface area (Å²) in [6.45, 7) is 5.75. The average Bonchev–Trinajstić information content (AvgIpc) is 2.89. The van der Waals surface area contributed by atoms with Crippen LogP contribution in [0.5, 0.6) is 0 Å². The third-order valence-electron chi connectivity index (χ3n) is 3.22. The largest absolute Gasteiger partial charge is 0.444 e. The molecule has 1 aliphatic carbocycles. The van der Waals surface area contributed by atoms with E-state index in [4.69, 9.17) is 4.74 Å². The molecule has 19 heavy (non-hydrogen) atoms. The van der Waals surface area contributed by atoms with Crippen LogP contribution in [0.15, 0.2) is 24.5 Å². The first-order valence-corrected chi connectivity index (χ1v) is 6.64. The molecule has 0 unspecified atom stereocenters. The Hall–Kier alpha value is -1.49. The van der Waals surface area contributed by atoms with Crippen LogP contribution < -0.4 is 0 Å². The van der Waals surface area contributed by atoms with Gasteiger partial charge < -0.3 is 14.4 Å². The number of carbonyl (C=O) groups is 1. The van der Waals surface area contributed by atoms with Gasteiger partial charge in [-0.3, -0.25) is 4.90 Å². The highest BCUT2D eigenvalue weighted by Crippen LogP contribution is 2.47. The predicted molar refractivity (Wildman–Crippen MR) is 71.7 cm³/mol. The number of aliphatic hydroxyl groups is 1. The molecule has 1 saturated carbocycles. The number of aliphatic hydroxyl groups excluding tert-OH is 1. The molecule has 0 aromatic carbocycles. The van der Waals surface area contributed by atoms with Crippen molar-refractivity contribution in [3.63, 3.8) is 0 Å². The van der Waals surface area contributed by atoms with E-state index in [1.54, 1.807) is 4.90 Å². The molecule has 1 N–H and O–H groups in total. The zero-order valence-electron chi connectivity index (χ0n) is 11.8. The number of nitrogens with zero attached hydrogens (tertiary/aromatic N) is 2. The second-order valence-electron chi connectivity index (χ2n) is 5.93. The number of rotatable bonds is 4. The van der Waals surface area contributed by atoms with Crippen molar-refractivity contribution in [2.75, 3.05) is 13.2 Å². The van der Waals surface area contributed by atoms with Crippen molar-refractivity contribution in [3.05, 3.63) is 24.5 Å². The summed E-state index contributed by atoms with van der Waals surface area (Å²) in [5, 5.41) is 9.21. The number of carbonyl (C=O) groups excluding carboxylic acids is 1. The van der Waals surface area contributed by atoms with E-state index in [2.05, 4.69) is 0 Å². The van der Waals surface area contributed by atoms with Gasteiger partial charge in [0.05, 0.1) is 6.61 Å². The normalized spacial score (nSPS) is 17.1. The molecule has 0 atom stereocenters. The van der Waals surface area contributed by atoms with Gasteiger partial charge in [-0.25, -0.2) is 4.79 Å². The molecular formula is C14H22N2O3. The monoisotopic (exact) mass is 266 g/mol. The molecule has 0 aliphatic heterocycles. The Bertz CT molecular complexity index is 430. The smallest absolute Gasteiger partial charge is 0.412 e. The summed E-state index contributed by atoms with van der Waals surface area (Å²) >= 11 is 0. The lowest BCUT2D eigenvalue weighted by molar-refractivity contribution is -0.00286. The molecule has 0 radical (unpaired) electrons. The van der Waals surface area contributed by atoms with Crippen LogP contribution in [-0.4, -0.2) is 39.4 Å². The van der Waals surface area contributed by atoms with Crippen LogP contribution in [0.1, 0.15) is 33.6 Å². The average molecular weight is 266 g/mol. The minimum Gasteiger partial charge on any atom is -0.444 e. The number of hydrogen-bond acceptors (Lipinski definition) is 3. The molecule has 1 aliphatic rings. The van der Waals surface area contributed by atoms with Crippen molar-refractivity contribution >= 4 is 6.09 Å². The Kier molecular flexibility index (Phi) is 3.58. The van der Waals surface area contributed by atoms with Crippen LogP contribution in [0.3, 0.4) is 0 Å². The molecule has 1 aromatic heterocycles. The highest BCUT2D eigenvalue weighted by molar-refractivity contribution is 5.69. The van der Waals surface area contributed by atoms with E-state index in [0.717, 1.165) is 12.8 Å². The SMILES string of the molecule is CC(C)(C)OC(=O)N(CCO)C1(n2cccc2)CC1. The first kappa shape index (κ1) is 13.9. The molecule has 0 saturated heterocycles. The lowest BCUT2D eigenvalue weighted by Gasteiger charge is -2.34. The number of amides is 1. The molecule has 1 fully saturated rings. The maximum Gasteiger partial charge on any atom is 0.412 e.